The van der Waals surface area contributed by atoms with E-state index in [9.17, 15) is 9.59 Å². The lowest BCUT2D eigenvalue weighted by molar-refractivity contribution is -0.117. The maximum atomic E-state index is 12.9. The first kappa shape index (κ1) is 20.7. The standard InChI is InChI=1S/C24H25N3O4/c28-22(25-20-7-3-1-4-8-20)17-26-12-14-27(15-13-26)24(29)23-19(11-16-30-23)18-31-21-9-5-2-6-10-21/h1-11,16H,12-15,17-18H2,(H,25,28). The number of carbonyl (C=O) groups is 2. The second kappa shape index (κ2) is 9.95. The van der Waals surface area contributed by atoms with Crippen molar-refractivity contribution in [1.82, 2.24) is 9.80 Å². The predicted octanol–water partition coefficient (Wildman–Crippen LogP) is 3.26. The number of rotatable bonds is 7. The molecule has 2 heterocycles. The van der Waals surface area contributed by atoms with E-state index in [0.29, 0.717) is 38.5 Å². The summed E-state index contributed by atoms with van der Waals surface area (Å²) in [4.78, 5) is 29.0. The van der Waals surface area contributed by atoms with E-state index in [1.165, 1.54) is 6.26 Å². The number of nitrogens with zero attached hydrogens (tertiary/aromatic N) is 2. The van der Waals surface area contributed by atoms with Crippen molar-refractivity contribution < 1.29 is 18.7 Å². The van der Waals surface area contributed by atoms with Gasteiger partial charge in [-0.05, 0) is 30.3 Å². The van der Waals surface area contributed by atoms with E-state index >= 15 is 0 Å². The van der Waals surface area contributed by atoms with Gasteiger partial charge in [-0.25, -0.2) is 0 Å². The number of nitrogens with one attached hydrogen (secondary N) is 1. The van der Waals surface area contributed by atoms with Gasteiger partial charge >= 0.3 is 0 Å². The fourth-order valence-electron chi connectivity index (χ4n) is 3.49. The van der Waals surface area contributed by atoms with Crippen molar-refractivity contribution in [2.24, 2.45) is 0 Å². The lowest BCUT2D eigenvalue weighted by atomic mass is 10.2. The van der Waals surface area contributed by atoms with E-state index in [4.69, 9.17) is 9.15 Å². The summed E-state index contributed by atoms with van der Waals surface area (Å²) in [5, 5.41) is 2.89. The maximum absolute atomic E-state index is 12.9. The molecule has 1 saturated heterocycles. The van der Waals surface area contributed by atoms with Crippen molar-refractivity contribution in [1.29, 1.82) is 0 Å². The van der Waals surface area contributed by atoms with Crippen molar-refractivity contribution in [3.8, 4) is 5.75 Å². The molecule has 160 valence electrons. The lowest BCUT2D eigenvalue weighted by Gasteiger charge is -2.34. The zero-order valence-corrected chi connectivity index (χ0v) is 17.2. The first-order chi connectivity index (χ1) is 15.2. The molecule has 3 aromatic rings. The minimum Gasteiger partial charge on any atom is -0.489 e. The molecule has 1 aliphatic rings. The van der Waals surface area contributed by atoms with Gasteiger partial charge in [-0.2, -0.15) is 0 Å². The second-order valence-corrected chi connectivity index (χ2v) is 7.36. The van der Waals surface area contributed by atoms with E-state index in [2.05, 4.69) is 5.32 Å². The molecule has 1 N–H and O–H groups in total. The summed E-state index contributed by atoms with van der Waals surface area (Å²) >= 11 is 0. The third-order valence-electron chi connectivity index (χ3n) is 5.16. The zero-order chi connectivity index (χ0) is 21.5. The summed E-state index contributed by atoms with van der Waals surface area (Å²) in [6.07, 6.45) is 1.51. The Morgan fingerprint density at radius 2 is 1.58 bits per heavy atom. The molecule has 7 heteroatoms. The average molecular weight is 419 g/mol. The molecule has 0 spiro atoms. The fourth-order valence-corrected chi connectivity index (χ4v) is 3.49. The first-order valence-corrected chi connectivity index (χ1v) is 10.3. The van der Waals surface area contributed by atoms with Crippen LogP contribution in [0.3, 0.4) is 0 Å². The van der Waals surface area contributed by atoms with Gasteiger partial charge in [-0.3, -0.25) is 14.5 Å². The molecule has 0 radical (unpaired) electrons. The molecule has 0 bridgehead atoms. The highest BCUT2D eigenvalue weighted by molar-refractivity contribution is 5.93. The zero-order valence-electron chi connectivity index (χ0n) is 17.2. The number of para-hydroxylation sites is 2. The highest BCUT2D eigenvalue weighted by Crippen LogP contribution is 2.18. The highest BCUT2D eigenvalue weighted by Gasteiger charge is 2.27. The molecule has 7 nitrogen and oxygen atoms in total. The van der Waals surface area contributed by atoms with Crippen LogP contribution in [0.1, 0.15) is 16.1 Å². The van der Waals surface area contributed by atoms with Crippen LogP contribution in [0.15, 0.2) is 77.4 Å². The molecular formula is C24H25N3O4. The predicted molar refractivity (Wildman–Crippen MR) is 117 cm³/mol. The molecule has 0 aliphatic carbocycles. The topological polar surface area (TPSA) is 75.0 Å². The summed E-state index contributed by atoms with van der Waals surface area (Å²) < 4.78 is 11.2. The first-order valence-electron chi connectivity index (χ1n) is 10.3. The quantitative estimate of drug-likeness (QED) is 0.636. The van der Waals surface area contributed by atoms with Crippen LogP contribution >= 0.6 is 0 Å². The van der Waals surface area contributed by atoms with E-state index in [1.54, 1.807) is 11.0 Å². The second-order valence-electron chi connectivity index (χ2n) is 7.36. The van der Waals surface area contributed by atoms with Crippen LogP contribution in [0.4, 0.5) is 5.69 Å². The van der Waals surface area contributed by atoms with Crippen LogP contribution < -0.4 is 10.1 Å². The Balaban J connectivity index is 1.27. The van der Waals surface area contributed by atoms with Gasteiger partial charge in [-0.1, -0.05) is 36.4 Å². The van der Waals surface area contributed by atoms with E-state index in [1.807, 2.05) is 65.6 Å². The number of furan rings is 1. The van der Waals surface area contributed by atoms with Crippen molar-refractivity contribution in [2.75, 3.05) is 38.0 Å². The summed E-state index contributed by atoms with van der Waals surface area (Å²) in [6, 6.07) is 20.6. The molecule has 2 amide bonds. The van der Waals surface area contributed by atoms with Gasteiger partial charge in [-0.15, -0.1) is 0 Å². The fraction of sp³-hybridized carbons (Fsp3) is 0.250. The average Bonchev–Trinajstić information content (AvgIpc) is 3.28. The number of benzene rings is 2. The van der Waals surface area contributed by atoms with Gasteiger partial charge in [0.1, 0.15) is 12.4 Å². The van der Waals surface area contributed by atoms with Crippen LogP contribution in [0, 0.1) is 0 Å². The third kappa shape index (κ3) is 5.52. The number of anilines is 1. The number of amides is 2. The molecule has 4 rings (SSSR count). The normalized spacial score (nSPS) is 14.3. The smallest absolute Gasteiger partial charge is 0.290 e. The van der Waals surface area contributed by atoms with Crippen molar-refractivity contribution in [3.63, 3.8) is 0 Å². The Morgan fingerprint density at radius 1 is 0.903 bits per heavy atom. The Hall–Kier alpha value is -3.58. The largest absolute Gasteiger partial charge is 0.489 e. The molecule has 2 aromatic carbocycles. The van der Waals surface area contributed by atoms with Gasteiger partial charge in [0.05, 0.1) is 12.8 Å². The minimum atomic E-state index is -0.148. The van der Waals surface area contributed by atoms with E-state index in [0.717, 1.165) is 17.0 Å². The Bertz CT molecular complexity index is 996. The Labute approximate surface area is 181 Å². The third-order valence-corrected chi connectivity index (χ3v) is 5.16. The monoisotopic (exact) mass is 419 g/mol. The molecule has 0 saturated carbocycles. The number of hydrogen-bond acceptors (Lipinski definition) is 5. The van der Waals surface area contributed by atoms with Crippen LogP contribution in [0.25, 0.3) is 0 Å². The molecular weight excluding hydrogens is 394 g/mol. The van der Waals surface area contributed by atoms with Gasteiger partial charge in [0, 0.05) is 37.4 Å². The number of hydrogen-bond donors (Lipinski definition) is 1. The van der Waals surface area contributed by atoms with Crippen LogP contribution in [0.2, 0.25) is 0 Å². The summed E-state index contributed by atoms with van der Waals surface area (Å²) in [5.74, 6) is 0.845. The molecule has 1 aromatic heterocycles. The molecule has 1 aliphatic heterocycles. The highest BCUT2D eigenvalue weighted by atomic mass is 16.5. The SMILES string of the molecule is O=C(CN1CCN(C(=O)c2occc2COc2ccccc2)CC1)Nc1ccccc1. The molecule has 0 atom stereocenters. The van der Waals surface area contributed by atoms with E-state index in [-0.39, 0.29) is 18.4 Å². The van der Waals surface area contributed by atoms with Gasteiger partial charge in [0.2, 0.25) is 5.91 Å². The molecule has 0 unspecified atom stereocenters. The summed E-state index contributed by atoms with van der Waals surface area (Å²) in [6.45, 7) is 2.90. The van der Waals surface area contributed by atoms with Crippen molar-refractivity contribution >= 4 is 17.5 Å². The lowest BCUT2D eigenvalue weighted by Crippen LogP contribution is -2.50. The Kier molecular flexibility index (Phi) is 6.64. The van der Waals surface area contributed by atoms with Crippen molar-refractivity contribution in [3.05, 3.63) is 84.3 Å². The minimum absolute atomic E-state index is 0.0580. The van der Waals surface area contributed by atoms with Gasteiger partial charge < -0.3 is 19.4 Å². The van der Waals surface area contributed by atoms with Crippen LogP contribution in [-0.2, 0) is 11.4 Å². The number of ether oxygens (including phenoxy) is 1. The number of piperazine rings is 1. The van der Waals surface area contributed by atoms with Crippen LogP contribution in [-0.4, -0.2) is 54.3 Å². The van der Waals surface area contributed by atoms with Gasteiger partial charge in [0.15, 0.2) is 5.76 Å². The summed E-state index contributed by atoms with van der Waals surface area (Å²) in [7, 11) is 0. The Morgan fingerprint density at radius 3 is 2.29 bits per heavy atom. The molecule has 1 fully saturated rings. The van der Waals surface area contributed by atoms with E-state index < -0.39 is 0 Å². The number of carbonyl (C=O) groups excluding carboxylic acids is 2. The van der Waals surface area contributed by atoms with Gasteiger partial charge in [0.25, 0.3) is 5.91 Å². The van der Waals surface area contributed by atoms with Crippen LogP contribution in [0.5, 0.6) is 5.75 Å². The molecule has 31 heavy (non-hydrogen) atoms. The maximum Gasteiger partial charge on any atom is 0.290 e. The van der Waals surface area contributed by atoms with Crippen molar-refractivity contribution in [2.45, 2.75) is 6.61 Å². The summed E-state index contributed by atoms with van der Waals surface area (Å²) in [5.41, 5.74) is 1.50.